The molecule has 0 aliphatic heterocycles. The first kappa shape index (κ1) is 23.1. The number of pyridine rings is 1. The number of benzene rings is 1. The minimum atomic E-state index is -0.104. The molecule has 0 spiro atoms. The van der Waals surface area contributed by atoms with Crippen LogP contribution in [0.3, 0.4) is 0 Å². The largest absolute Gasteiger partial charge is 0.391 e. The summed E-state index contributed by atoms with van der Waals surface area (Å²) in [5.74, 6) is 0.928. The van der Waals surface area contributed by atoms with Gasteiger partial charge < -0.3 is 19.7 Å². The standard InChI is InChI=1S/C22H32N6O3/c1-14(2)20(21-24-25-26-28(21)7-9-31-5)27(6-8-29)13-18-12-17-10-15(3)16(4)11-19(17)23-22(18)30/h10-12,14,20,29H,6-9,13H2,1-5H3,(H,23,30)/p+1/t20-/m0/s1. The lowest BCUT2D eigenvalue weighted by Crippen LogP contribution is -3.12. The second-order valence-corrected chi connectivity index (χ2v) is 8.43. The maximum atomic E-state index is 12.9. The zero-order valence-corrected chi connectivity index (χ0v) is 19.0. The summed E-state index contributed by atoms with van der Waals surface area (Å²) in [6.07, 6.45) is 0. The number of ether oxygens (including phenoxy) is 1. The summed E-state index contributed by atoms with van der Waals surface area (Å²) < 4.78 is 6.93. The molecule has 1 unspecified atom stereocenters. The Labute approximate surface area is 182 Å². The highest BCUT2D eigenvalue weighted by atomic mass is 16.5. The van der Waals surface area contributed by atoms with E-state index in [1.807, 2.05) is 19.1 Å². The van der Waals surface area contributed by atoms with Crippen molar-refractivity contribution in [1.82, 2.24) is 25.2 Å². The Balaban J connectivity index is 1.99. The third-order valence-electron chi connectivity index (χ3n) is 5.84. The molecule has 0 saturated carbocycles. The fraction of sp³-hybridized carbons (Fsp3) is 0.545. The van der Waals surface area contributed by atoms with Crippen molar-refractivity contribution in [3.63, 3.8) is 0 Å². The van der Waals surface area contributed by atoms with Crippen LogP contribution in [-0.2, 0) is 17.8 Å². The van der Waals surface area contributed by atoms with Gasteiger partial charge >= 0.3 is 0 Å². The van der Waals surface area contributed by atoms with E-state index >= 15 is 0 Å². The van der Waals surface area contributed by atoms with Crippen LogP contribution in [0.1, 0.15) is 42.4 Å². The van der Waals surface area contributed by atoms with E-state index in [-0.39, 0.29) is 24.1 Å². The van der Waals surface area contributed by atoms with E-state index in [1.54, 1.807) is 11.8 Å². The number of aliphatic hydroxyl groups is 1. The van der Waals surface area contributed by atoms with Gasteiger partial charge in [-0.25, -0.2) is 4.68 Å². The van der Waals surface area contributed by atoms with E-state index in [4.69, 9.17) is 4.74 Å². The van der Waals surface area contributed by atoms with E-state index < -0.39 is 0 Å². The molecule has 3 rings (SSSR count). The highest BCUT2D eigenvalue weighted by molar-refractivity contribution is 5.80. The maximum absolute atomic E-state index is 12.9. The number of fused-ring (bicyclic) bond motifs is 1. The topological polar surface area (TPSA) is 110 Å². The number of H-pyrrole nitrogens is 1. The van der Waals surface area contributed by atoms with Crippen LogP contribution in [0, 0.1) is 19.8 Å². The molecule has 0 bridgehead atoms. The van der Waals surface area contributed by atoms with E-state index in [2.05, 4.69) is 47.3 Å². The fourth-order valence-corrected chi connectivity index (χ4v) is 4.12. The Bertz CT molecular complexity index is 1070. The molecule has 168 valence electrons. The average molecular weight is 430 g/mol. The quantitative estimate of drug-likeness (QED) is 0.434. The molecule has 2 aromatic heterocycles. The van der Waals surface area contributed by atoms with Crippen molar-refractivity contribution < 1.29 is 14.7 Å². The molecule has 0 aliphatic carbocycles. The monoisotopic (exact) mass is 429 g/mol. The van der Waals surface area contributed by atoms with Gasteiger partial charge in [0.1, 0.15) is 13.1 Å². The average Bonchev–Trinajstić information content (AvgIpc) is 3.16. The van der Waals surface area contributed by atoms with E-state index in [0.29, 0.717) is 31.8 Å². The van der Waals surface area contributed by atoms with Crippen LogP contribution in [0.25, 0.3) is 10.9 Å². The third kappa shape index (κ3) is 5.17. The summed E-state index contributed by atoms with van der Waals surface area (Å²) in [4.78, 5) is 16.9. The Morgan fingerprint density at radius 1 is 1.23 bits per heavy atom. The zero-order chi connectivity index (χ0) is 22.5. The molecule has 3 N–H and O–H groups in total. The maximum Gasteiger partial charge on any atom is 0.257 e. The highest BCUT2D eigenvalue weighted by Gasteiger charge is 2.33. The van der Waals surface area contributed by atoms with Gasteiger partial charge in [0.2, 0.25) is 5.82 Å². The van der Waals surface area contributed by atoms with Crippen LogP contribution in [-0.4, -0.2) is 57.2 Å². The van der Waals surface area contributed by atoms with Crippen molar-refractivity contribution in [1.29, 1.82) is 0 Å². The van der Waals surface area contributed by atoms with Gasteiger partial charge in [-0.3, -0.25) is 4.79 Å². The number of methoxy groups -OCH3 is 1. The predicted octanol–water partition coefficient (Wildman–Crippen LogP) is 0.552. The van der Waals surface area contributed by atoms with Gasteiger partial charge in [-0.1, -0.05) is 13.8 Å². The minimum absolute atomic E-state index is 0.00196. The molecule has 31 heavy (non-hydrogen) atoms. The number of aromatic amines is 1. The number of rotatable bonds is 10. The second kappa shape index (κ2) is 10.1. The summed E-state index contributed by atoms with van der Waals surface area (Å²) in [7, 11) is 1.64. The highest BCUT2D eigenvalue weighted by Crippen LogP contribution is 2.19. The molecule has 2 atom stereocenters. The minimum Gasteiger partial charge on any atom is -0.391 e. The Hall–Kier alpha value is -2.62. The first-order valence-corrected chi connectivity index (χ1v) is 10.7. The fourth-order valence-electron chi connectivity index (χ4n) is 4.12. The molecule has 0 radical (unpaired) electrons. The molecule has 3 aromatic rings. The van der Waals surface area contributed by atoms with Crippen molar-refractivity contribution in [3.8, 4) is 0 Å². The first-order chi connectivity index (χ1) is 14.8. The van der Waals surface area contributed by atoms with E-state index in [9.17, 15) is 9.90 Å². The predicted molar refractivity (Wildman–Crippen MR) is 118 cm³/mol. The number of nitrogens with zero attached hydrogens (tertiary/aromatic N) is 4. The van der Waals surface area contributed by atoms with Gasteiger partial charge in [-0.05, 0) is 59.0 Å². The Kier molecular flexibility index (Phi) is 7.53. The number of aryl methyl sites for hydroxylation is 2. The van der Waals surface area contributed by atoms with Gasteiger partial charge in [0, 0.05) is 18.5 Å². The lowest BCUT2D eigenvalue weighted by Gasteiger charge is -2.30. The van der Waals surface area contributed by atoms with Crippen molar-refractivity contribution >= 4 is 10.9 Å². The van der Waals surface area contributed by atoms with Crippen LogP contribution in [0.2, 0.25) is 0 Å². The Morgan fingerprint density at radius 2 is 1.97 bits per heavy atom. The molecule has 0 saturated heterocycles. The van der Waals surface area contributed by atoms with Crippen molar-refractivity contribution in [2.45, 2.75) is 46.8 Å². The molecule has 2 heterocycles. The van der Waals surface area contributed by atoms with Crippen molar-refractivity contribution in [2.24, 2.45) is 5.92 Å². The number of hydrogen-bond donors (Lipinski definition) is 3. The summed E-state index contributed by atoms with van der Waals surface area (Å²) in [6, 6.07) is 5.98. The number of nitrogens with one attached hydrogen (secondary N) is 2. The van der Waals surface area contributed by atoms with Gasteiger partial charge in [-0.15, -0.1) is 5.10 Å². The number of aliphatic hydroxyl groups excluding tert-OH is 1. The van der Waals surface area contributed by atoms with Crippen LogP contribution in [0.15, 0.2) is 23.0 Å². The molecule has 9 nitrogen and oxygen atoms in total. The summed E-state index contributed by atoms with van der Waals surface area (Å²) in [6.45, 7) is 10.3. The lowest BCUT2D eigenvalue weighted by molar-refractivity contribution is -0.950. The van der Waals surface area contributed by atoms with Crippen molar-refractivity contribution in [2.75, 3.05) is 26.9 Å². The van der Waals surface area contributed by atoms with Gasteiger partial charge in [0.05, 0.1) is 25.3 Å². The van der Waals surface area contributed by atoms with Crippen molar-refractivity contribution in [3.05, 3.63) is 51.1 Å². The Morgan fingerprint density at radius 3 is 2.65 bits per heavy atom. The summed E-state index contributed by atoms with van der Waals surface area (Å²) in [5.41, 5.74) is 3.74. The lowest BCUT2D eigenvalue weighted by atomic mass is 10.00. The molecule has 0 amide bonds. The normalized spacial score (nSPS) is 13.8. The van der Waals surface area contributed by atoms with Crippen LogP contribution in [0.4, 0.5) is 0 Å². The van der Waals surface area contributed by atoms with E-state index in [1.165, 1.54) is 5.56 Å². The van der Waals surface area contributed by atoms with Crippen LogP contribution >= 0.6 is 0 Å². The van der Waals surface area contributed by atoms with E-state index in [0.717, 1.165) is 27.2 Å². The molecule has 9 heteroatoms. The molecular weight excluding hydrogens is 396 g/mol. The SMILES string of the molecule is COCCn1nnnc1[C@H](C(C)C)[NH+](CCO)Cc1cc2cc(C)c(C)cc2[nH]c1=O. The van der Waals surface area contributed by atoms with Gasteiger partial charge in [0.15, 0.2) is 6.04 Å². The smallest absolute Gasteiger partial charge is 0.257 e. The summed E-state index contributed by atoms with van der Waals surface area (Å²) in [5, 5.41) is 23.1. The number of hydrogen-bond acceptors (Lipinski definition) is 6. The zero-order valence-electron chi connectivity index (χ0n) is 19.0. The molecular formula is C22H33N6O3+. The van der Waals surface area contributed by atoms with Crippen LogP contribution < -0.4 is 10.5 Å². The van der Waals surface area contributed by atoms with Gasteiger partial charge in [0.25, 0.3) is 5.56 Å². The first-order valence-electron chi connectivity index (χ1n) is 10.7. The second-order valence-electron chi connectivity index (χ2n) is 8.43. The number of aromatic nitrogens is 5. The molecule has 0 aliphatic rings. The number of quaternary nitrogens is 1. The van der Waals surface area contributed by atoms with Crippen LogP contribution in [0.5, 0.6) is 0 Å². The molecule has 1 aromatic carbocycles. The molecule has 0 fully saturated rings. The summed E-state index contributed by atoms with van der Waals surface area (Å²) >= 11 is 0. The number of tetrazole rings is 1. The van der Waals surface area contributed by atoms with Gasteiger partial charge in [-0.2, -0.15) is 0 Å². The third-order valence-corrected chi connectivity index (χ3v) is 5.84.